The summed E-state index contributed by atoms with van der Waals surface area (Å²) in [6.45, 7) is 6.06. The van der Waals surface area contributed by atoms with E-state index in [1.54, 1.807) is 20.8 Å². The van der Waals surface area contributed by atoms with Crippen LogP contribution in [0.5, 0.6) is 0 Å². The lowest BCUT2D eigenvalue weighted by Gasteiger charge is -2.16. The number of amides is 1. The molecule has 0 aromatic heterocycles. The molecular weight excluding hydrogens is 268 g/mol. The Hall–Kier alpha value is -0.820. The van der Waals surface area contributed by atoms with Crippen LogP contribution in [0.25, 0.3) is 0 Å². The molecule has 7 heteroatoms. The molecule has 0 aromatic carbocycles. The van der Waals surface area contributed by atoms with Gasteiger partial charge in [0.25, 0.3) is 0 Å². The van der Waals surface area contributed by atoms with Gasteiger partial charge >= 0.3 is 6.09 Å². The van der Waals surface area contributed by atoms with Crippen LogP contribution in [0.1, 0.15) is 46.5 Å². The Balaban J connectivity index is 0.000000203. The minimum atomic E-state index is -2.89. The Kier molecular flexibility index (Phi) is 5.20. The van der Waals surface area contributed by atoms with Crippen molar-refractivity contribution in [3.63, 3.8) is 0 Å². The monoisotopic (exact) mass is 292 g/mol. The van der Waals surface area contributed by atoms with Gasteiger partial charge in [0.15, 0.2) is 0 Å². The second kappa shape index (κ2) is 6.09. The molecule has 0 bridgehead atoms. The predicted octanol–water partition coefficient (Wildman–Crippen LogP) is 1.53. The first-order valence-electron chi connectivity index (χ1n) is 6.60. The summed E-state index contributed by atoms with van der Waals surface area (Å²) in [5, 5.41) is 10.4. The van der Waals surface area contributed by atoms with Crippen LogP contribution in [-0.2, 0) is 10.0 Å². The van der Waals surface area contributed by atoms with Crippen LogP contribution in [0.4, 0.5) is 4.79 Å². The standard InChI is InChI=1S/C7H13NO2S.C5H11NO2/c9-11(10,7-3-4-7)8-5-6-1-2-6;1-5(2,3)6-4(7)8/h6-8H,1-5H2;6H,1-3H3,(H,7,8). The Morgan fingerprint density at radius 2 is 1.74 bits per heavy atom. The number of nitrogens with one attached hydrogen (secondary N) is 2. The molecule has 3 N–H and O–H groups in total. The maximum atomic E-state index is 11.2. The second-order valence-corrected chi connectivity index (χ2v) is 8.26. The SMILES string of the molecule is CC(C)(C)NC(=O)O.O=S(=O)(NCC1CC1)C1CC1. The summed E-state index contributed by atoms with van der Waals surface area (Å²) < 4.78 is 25.1. The van der Waals surface area contributed by atoms with Gasteiger partial charge in [-0.2, -0.15) is 0 Å². The Bertz CT molecular complexity index is 406. The lowest BCUT2D eigenvalue weighted by Crippen LogP contribution is -2.39. The van der Waals surface area contributed by atoms with E-state index in [9.17, 15) is 13.2 Å². The zero-order valence-corrected chi connectivity index (χ0v) is 12.6. The van der Waals surface area contributed by atoms with Gasteiger partial charge in [0.05, 0.1) is 5.25 Å². The fraction of sp³-hybridized carbons (Fsp3) is 0.917. The third-order valence-corrected chi connectivity index (χ3v) is 4.63. The first kappa shape index (κ1) is 16.2. The van der Waals surface area contributed by atoms with Crippen LogP contribution >= 0.6 is 0 Å². The van der Waals surface area contributed by atoms with Gasteiger partial charge in [-0.15, -0.1) is 0 Å². The molecule has 0 atom stereocenters. The number of carboxylic acid groups (broad SMARTS) is 1. The number of sulfonamides is 1. The first-order chi connectivity index (χ1) is 8.60. The molecule has 0 spiro atoms. The highest BCUT2D eigenvalue weighted by Crippen LogP contribution is 2.30. The largest absolute Gasteiger partial charge is 0.465 e. The molecule has 6 nitrogen and oxygen atoms in total. The second-order valence-electron chi connectivity index (χ2n) is 6.22. The molecular formula is C12H24N2O4S. The van der Waals surface area contributed by atoms with Crippen LogP contribution in [0.3, 0.4) is 0 Å². The van der Waals surface area contributed by atoms with Gasteiger partial charge in [0.1, 0.15) is 0 Å². The average molecular weight is 292 g/mol. The molecule has 0 aromatic rings. The number of carbonyl (C=O) groups is 1. The molecule has 112 valence electrons. The zero-order valence-electron chi connectivity index (χ0n) is 11.8. The molecule has 1 amide bonds. The molecule has 0 aliphatic heterocycles. The highest BCUT2D eigenvalue weighted by atomic mass is 32.2. The van der Waals surface area contributed by atoms with Gasteiger partial charge in [-0.3, -0.25) is 0 Å². The molecule has 2 aliphatic rings. The Labute approximate surface area is 115 Å². The van der Waals surface area contributed by atoms with E-state index in [-0.39, 0.29) is 10.8 Å². The summed E-state index contributed by atoms with van der Waals surface area (Å²) in [5.41, 5.74) is -0.328. The van der Waals surface area contributed by atoms with Crippen LogP contribution in [0.2, 0.25) is 0 Å². The number of hydrogen-bond acceptors (Lipinski definition) is 3. The molecule has 19 heavy (non-hydrogen) atoms. The first-order valence-corrected chi connectivity index (χ1v) is 8.14. The molecule has 0 unspecified atom stereocenters. The van der Waals surface area contributed by atoms with E-state index in [1.165, 1.54) is 12.8 Å². The van der Waals surface area contributed by atoms with E-state index in [2.05, 4.69) is 10.0 Å². The van der Waals surface area contributed by atoms with Crippen molar-refractivity contribution in [2.24, 2.45) is 5.92 Å². The number of rotatable bonds is 4. The van der Waals surface area contributed by atoms with Crippen molar-refractivity contribution in [2.75, 3.05) is 6.54 Å². The van der Waals surface area contributed by atoms with Crippen molar-refractivity contribution in [1.82, 2.24) is 10.0 Å². The van der Waals surface area contributed by atoms with Gasteiger partial charge in [0, 0.05) is 12.1 Å². The minimum absolute atomic E-state index is 0.0544. The average Bonchev–Trinajstić information content (AvgIpc) is 3.05. The van der Waals surface area contributed by atoms with Crippen LogP contribution in [0, 0.1) is 5.92 Å². The van der Waals surface area contributed by atoms with Crippen molar-refractivity contribution < 1.29 is 18.3 Å². The van der Waals surface area contributed by atoms with Gasteiger partial charge in [0.2, 0.25) is 10.0 Å². The predicted molar refractivity (Wildman–Crippen MR) is 73.6 cm³/mol. The molecule has 0 radical (unpaired) electrons. The molecule has 2 fully saturated rings. The van der Waals surface area contributed by atoms with Crippen molar-refractivity contribution in [2.45, 2.75) is 57.2 Å². The summed E-state index contributed by atoms with van der Waals surface area (Å²) in [6, 6.07) is 0. The maximum absolute atomic E-state index is 11.2. The van der Waals surface area contributed by atoms with E-state index in [4.69, 9.17) is 5.11 Å². The zero-order chi connectivity index (χ0) is 14.7. The van der Waals surface area contributed by atoms with E-state index in [0.29, 0.717) is 12.5 Å². The van der Waals surface area contributed by atoms with Crippen molar-refractivity contribution in [3.8, 4) is 0 Å². The van der Waals surface area contributed by atoms with Gasteiger partial charge in [-0.25, -0.2) is 17.9 Å². The maximum Gasteiger partial charge on any atom is 0.405 e. The summed E-state index contributed by atoms with van der Waals surface area (Å²) in [4.78, 5) is 9.90. The minimum Gasteiger partial charge on any atom is -0.465 e. The van der Waals surface area contributed by atoms with E-state index >= 15 is 0 Å². The van der Waals surface area contributed by atoms with Crippen LogP contribution in [-0.4, -0.2) is 37.0 Å². The molecule has 2 saturated carbocycles. The lowest BCUT2D eigenvalue weighted by molar-refractivity contribution is 0.184. The summed E-state index contributed by atoms with van der Waals surface area (Å²) in [7, 11) is -2.89. The highest BCUT2D eigenvalue weighted by Gasteiger charge is 2.36. The van der Waals surface area contributed by atoms with Crippen molar-refractivity contribution >= 4 is 16.1 Å². The summed E-state index contributed by atoms with van der Waals surface area (Å²) in [5.74, 6) is 0.642. The molecule has 0 saturated heterocycles. The highest BCUT2D eigenvalue weighted by molar-refractivity contribution is 7.90. The molecule has 0 heterocycles. The Morgan fingerprint density at radius 3 is 2.00 bits per heavy atom. The van der Waals surface area contributed by atoms with E-state index in [0.717, 1.165) is 12.8 Å². The Morgan fingerprint density at radius 1 is 1.21 bits per heavy atom. The van der Waals surface area contributed by atoms with Crippen LogP contribution < -0.4 is 10.0 Å². The van der Waals surface area contributed by atoms with Crippen molar-refractivity contribution in [3.05, 3.63) is 0 Å². The smallest absolute Gasteiger partial charge is 0.405 e. The van der Waals surface area contributed by atoms with E-state index < -0.39 is 16.1 Å². The van der Waals surface area contributed by atoms with Gasteiger partial charge < -0.3 is 10.4 Å². The fourth-order valence-electron chi connectivity index (χ4n) is 1.37. The van der Waals surface area contributed by atoms with Crippen LogP contribution in [0.15, 0.2) is 0 Å². The lowest BCUT2D eigenvalue weighted by atomic mass is 10.1. The van der Waals surface area contributed by atoms with Gasteiger partial charge in [-0.05, 0) is 52.4 Å². The van der Waals surface area contributed by atoms with Gasteiger partial charge in [-0.1, -0.05) is 0 Å². The third kappa shape index (κ3) is 8.05. The molecule has 2 aliphatic carbocycles. The summed E-state index contributed by atoms with van der Waals surface area (Å²) >= 11 is 0. The quantitative estimate of drug-likeness (QED) is 0.732. The third-order valence-electron chi connectivity index (χ3n) is 2.72. The summed E-state index contributed by atoms with van der Waals surface area (Å²) in [6.07, 6.45) is 3.15. The molecule has 2 rings (SSSR count). The number of hydrogen-bond donors (Lipinski definition) is 3. The normalized spacial score (nSPS) is 19.3. The van der Waals surface area contributed by atoms with Crippen molar-refractivity contribution in [1.29, 1.82) is 0 Å². The van der Waals surface area contributed by atoms with E-state index in [1.807, 2.05) is 0 Å². The topological polar surface area (TPSA) is 95.5 Å². The fourth-order valence-corrected chi connectivity index (χ4v) is 2.83.